The lowest BCUT2D eigenvalue weighted by Crippen LogP contribution is -2.13. The molecule has 1 heterocycles. The summed E-state index contributed by atoms with van der Waals surface area (Å²) < 4.78 is 0. The van der Waals surface area contributed by atoms with Crippen molar-refractivity contribution in [2.24, 2.45) is 0 Å². The van der Waals surface area contributed by atoms with E-state index in [4.69, 9.17) is 15.8 Å². The Balaban J connectivity index is 3.56. The third kappa shape index (κ3) is 2.37. The maximum Gasteiger partial charge on any atom is 0.148 e. The summed E-state index contributed by atoms with van der Waals surface area (Å²) in [6.45, 7) is 0. The Kier molecular flexibility index (Phi) is 3.76. The van der Waals surface area contributed by atoms with Crippen molar-refractivity contribution in [1.82, 2.24) is 9.97 Å². The quantitative estimate of drug-likeness (QED) is 0.691. The van der Waals surface area contributed by atoms with E-state index in [-0.39, 0.29) is 11.1 Å². The van der Waals surface area contributed by atoms with Gasteiger partial charge in [0.1, 0.15) is 35.9 Å². The van der Waals surface area contributed by atoms with E-state index in [1.165, 1.54) is 12.5 Å². The first-order valence-corrected chi connectivity index (χ1v) is 4.58. The Bertz CT molecular complexity index is 563. The van der Waals surface area contributed by atoms with E-state index >= 15 is 0 Å². The lowest BCUT2D eigenvalue weighted by molar-refractivity contribution is 1.03. The molecule has 0 fully saturated rings. The van der Waals surface area contributed by atoms with E-state index in [0.717, 1.165) is 0 Å². The first-order valence-electron chi connectivity index (χ1n) is 4.58. The van der Waals surface area contributed by atoms with Gasteiger partial charge in [-0.1, -0.05) is 0 Å². The summed E-state index contributed by atoms with van der Waals surface area (Å²) in [5.41, 5.74) is 0.114. The summed E-state index contributed by atoms with van der Waals surface area (Å²) in [5.74, 6) is 0.486. The van der Waals surface area contributed by atoms with Crippen molar-refractivity contribution in [3.63, 3.8) is 0 Å². The van der Waals surface area contributed by atoms with Crippen molar-refractivity contribution in [1.29, 1.82) is 15.8 Å². The summed E-state index contributed by atoms with van der Waals surface area (Å²) in [7, 11) is 3.50. The van der Waals surface area contributed by atoms with Crippen LogP contribution in [0.1, 0.15) is 5.56 Å². The molecule has 0 aliphatic heterocycles. The number of hydrogen-bond donors (Lipinski definition) is 0. The van der Waals surface area contributed by atoms with Crippen LogP contribution in [-0.4, -0.2) is 24.1 Å². The standard InChI is InChI=1S/C11H8N6/c1-17(2)11-10(6-15-7-16-11)9(5-14)8(3-12)4-13/h6-7H,1-2H3. The number of allylic oxidation sites excluding steroid dienone is 2. The van der Waals surface area contributed by atoms with Gasteiger partial charge < -0.3 is 4.90 Å². The van der Waals surface area contributed by atoms with Crippen LogP contribution in [0, 0.1) is 34.0 Å². The molecular formula is C11H8N6. The molecule has 0 amide bonds. The summed E-state index contributed by atoms with van der Waals surface area (Å²) in [6, 6.07) is 5.22. The number of anilines is 1. The third-order valence-corrected chi connectivity index (χ3v) is 1.97. The SMILES string of the molecule is CN(C)c1ncncc1C(C#N)=C(C#N)C#N. The Hall–Kier alpha value is -2.91. The zero-order valence-electron chi connectivity index (χ0n) is 9.34. The van der Waals surface area contributed by atoms with Gasteiger partial charge in [0.2, 0.25) is 0 Å². The maximum absolute atomic E-state index is 9.03. The van der Waals surface area contributed by atoms with Crippen LogP contribution >= 0.6 is 0 Å². The fourth-order valence-corrected chi connectivity index (χ4v) is 1.24. The van der Waals surface area contributed by atoms with E-state index in [2.05, 4.69) is 9.97 Å². The molecule has 0 saturated carbocycles. The Morgan fingerprint density at radius 1 is 1.18 bits per heavy atom. The van der Waals surface area contributed by atoms with E-state index in [1.54, 1.807) is 31.1 Å². The van der Waals surface area contributed by atoms with Gasteiger partial charge in [-0.3, -0.25) is 0 Å². The first kappa shape index (κ1) is 12.2. The van der Waals surface area contributed by atoms with E-state index < -0.39 is 0 Å². The van der Waals surface area contributed by atoms with Gasteiger partial charge in [-0.25, -0.2) is 9.97 Å². The van der Waals surface area contributed by atoms with Crippen LogP contribution in [0.15, 0.2) is 18.1 Å². The summed E-state index contributed by atoms with van der Waals surface area (Å²) >= 11 is 0. The minimum absolute atomic E-state index is 0.0145. The summed E-state index contributed by atoms with van der Waals surface area (Å²) in [4.78, 5) is 9.50. The summed E-state index contributed by atoms with van der Waals surface area (Å²) in [5, 5.41) is 26.6. The van der Waals surface area contributed by atoms with Gasteiger partial charge in [0.15, 0.2) is 0 Å². The number of hydrogen-bond acceptors (Lipinski definition) is 6. The Morgan fingerprint density at radius 3 is 2.29 bits per heavy atom. The molecule has 0 aliphatic carbocycles. The molecule has 0 spiro atoms. The highest BCUT2D eigenvalue weighted by Crippen LogP contribution is 2.24. The highest BCUT2D eigenvalue weighted by molar-refractivity contribution is 5.88. The monoisotopic (exact) mass is 224 g/mol. The predicted octanol–water partition coefficient (Wildman–Crippen LogP) is 0.867. The predicted molar refractivity (Wildman–Crippen MR) is 60.1 cm³/mol. The zero-order chi connectivity index (χ0) is 12.8. The van der Waals surface area contributed by atoms with Crippen LogP contribution in [0.2, 0.25) is 0 Å². The van der Waals surface area contributed by atoms with Gasteiger partial charge in [-0.2, -0.15) is 15.8 Å². The molecule has 0 unspecified atom stereocenters. The molecule has 0 atom stereocenters. The minimum atomic E-state index is -0.245. The van der Waals surface area contributed by atoms with Gasteiger partial charge in [0.25, 0.3) is 0 Å². The molecule has 82 valence electrons. The van der Waals surface area contributed by atoms with Crippen molar-refractivity contribution in [2.45, 2.75) is 0 Å². The van der Waals surface area contributed by atoms with Crippen molar-refractivity contribution >= 4 is 11.4 Å². The largest absolute Gasteiger partial charge is 0.362 e. The maximum atomic E-state index is 9.03. The normalized spacial score (nSPS) is 8.41. The Morgan fingerprint density at radius 2 is 1.82 bits per heavy atom. The number of nitrogens with zero attached hydrogens (tertiary/aromatic N) is 6. The van der Waals surface area contributed by atoms with E-state index in [9.17, 15) is 0 Å². The molecule has 0 saturated heterocycles. The lowest BCUT2D eigenvalue weighted by atomic mass is 10.0. The van der Waals surface area contributed by atoms with Crippen LogP contribution in [0.5, 0.6) is 0 Å². The molecule has 1 rings (SSSR count). The molecule has 6 heteroatoms. The molecule has 0 aliphatic rings. The average molecular weight is 224 g/mol. The van der Waals surface area contributed by atoms with E-state index in [1.807, 2.05) is 6.07 Å². The van der Waals surface area contributed by atoms with Crippen LogP contribution in [0.4, 0.5) is 5.82 Å². The molecule has 1 aromatic rings. The lowest BCUT2D eigenvalue weighted by Gasteiger charge is -2.14. The second-order valence-corrected chi connectivity index (χ2v) is 3.24. The minimum Gasteiger partial charge on any atom is -0.362 e. The third-order valence-electron chi connectivity index (χ3n) is 1.97. The van der Waals surface area contributed by atoms with Crippen LogP contribution in [0.25, 0.3) is 5.57 Å². The smallest absolute Gasteiger partial charge is 0.148 e. The van der Waals surface area contributed by atoms with Crippen LogP contribution in [-0.2, 0) is 0 Å². The number of nitriles is 3. The topological polar surface area (TPSA) is 100 Å². The first-order chi connectivity index (χ1) is 8.15. The van der Waals surface area contributed by atoms with Gasteiger partial charge in [-0.05, 0) is 0 Å². The Labute approximate surface area is 98.7 Å². The highest BCUT2D eigenvalue weighted by atomic mass is 15.1. The summed E-state index contributed by atoms with van der Waals surface area (Å²) in [6.07, 6.45) is 2.75. The number of aromatic nitrogens is 2. The molecule has 0 aromatic carbocycles. The van der Waals surface area contributed by atoms with Crippen molar-refractivity contribution in [2.75, 3.05) is 19.0 Å². The average Bonchev–Trinajstić information content (AvgIpc) is 2.35. The van der Waals surface area contributed by atoms with Gasteiger partial charge >= 0.3 is 0 Å². The molecule has 0 bridgehead atoms. The second-order valence-electron chi connectivity index (χ2n) is 3.24. The molecule has 0 radical (unpaired) electrons. The number of rotatable bonds is 2. The highest BCUT2D eigenvalue weighted by Gasteiger charge is 2.15. The van der Waals surface area contributed by atoms with Crippen molar-refractivity contribution in [3.8, 4) is 18.2 Å². The van der Waals surface area contributed by atoms with Gasteiger partial charge in [-0.15, -0.1) is 0 Å². The fourth-order valence-electron chi connectivity index (χ4n) is 1.24. The van der Waals surface area contributed by atoms with Crippen molar-refractivity contribution < 1.29 is 0 Å². The molecule has 6 nitrogen and oxygen atoms in total. The molecule has 0 N–H and O–H groups in total. The molecular weight excluding hydrogens is 216 g/mol. The van der Waals surface area contributed by atoms with Crippen LogP contribution in [0.3, 0.4) is 0 Å². The zero-order valence-corrected chi connectivity index (χ0v) is 9.34. The van der Waals surface area contributed by atoms with E-state index in [0.29, 0.717) is 11.4 Å². The van der Waals surface area contributed by atoms with Crippen molar-refractivity contribution in [3.05, 3.63) is 23.7 Å². The second kappa shape index (κ2) is 5.25. The fraction of sp³-hybridized carbons (Fsp3) is 0.182. The molecule has 1 aromatic heterocycles. The van der Waals surface area contributed by atoms with Crippen LogP contribution < -0.4 is 4.90 Å². The molecule has 17 heavy (non-hydrogen) atoms. The van der Waals surface area contributed by atoms with Gasteiger partial charge in [0, 0.05) is 20.3 Å². The van der Waals surface area contributed by atoms with Gasteiger partial charge in [0.05, 0.1) is 11.1 Å².